The average molecular weight is 552 g/mol. The molecule has 2 aliphatic rings. The van der Waals surface area contributed by atoms with Crippen LogP contribution in [-0.2, 0) is 14.8 Å². The van der Waals surface area contributed by atoms with Crippen LogP contribution in [0.4, 0.5) is 9.18 Å². The molecule has 2 fully saturated rings. The Labute approximate surface area is 217 Å². The third-order valence-corrected chi connectivity index (χ3v) is 8.95. The first-order valence-corrected chi connectivity index (χ1v) is 13.9. The van der Waals surface area contributed by atoms with Crippen molar-refractivity contribution in [2.45, 2.75) is 24.2 Å². The highest BCUT2D eigenvalue weighted by atomic mass is 35.5. The molecule has 2 heterocycles. The third kappa shape index (κ3) is 5.64. The molecule has 2 aliphatic heterocycles. The van der Waals surface area contributed by atoms with Gasteiger partial charge in [-0.15, -0.1) is 0 Å². The number of nitrogens with zero attached hydrogens (tertiary/aromatic N) is 2. The number of amides is 3. The summed E-state index contributed by atoms with van der Waals surface area (Å²) in [4.78, 5) is 38.7. The lowest BCUT2D eigenvalue weighted by Crippen LogP contribution is -2.37. The molecule has 3 amide bonds. The van der Waals surface area contributed by atoms with Crippen molar-refractivity contribution in [2.75, 3.05) is 26.2 Å². The Morgan fingerprint density at radius 1 is 1.11 bits per heavy atom. The summed E-state index contributed by atoms with van der Waals surface area (Å²) in [6, 6.07) is 9.84. The molecule has 0 atom stereocenters. The zero-order valence-electron chi connectivity index (χ0n) is 19.1. The van der Waals surface area contributed by atoms with E-state index in [4.69, 9.17) is 11.6 Å². The molecule has 4 rings (SSSR count). The second-order valence-electron chi connectivity index (χ2n) is 8.22. The first kappa shape index (κ1) is 26.3. The predicted molar refractivity (Wildman–Crippen MR) is 135 cm³/mol. The molecular formula is C24H23ClFN3O5S2. The molecule has 0 spiro atoms. The van der Waals surface area contributed by atoms with Gasteiger partial charge in [0.15, 0.2) is 0 Å². The molecule has 2 aromatic carbocycles. The lowest BCUT2D eigenvalue weighted by molar-refractivity contribution is -0.122. The molecule has 1 N–H and O–H groups in total. The smallest absolute Gasteiger partial charge is 0.293 e. The van der Waals surface area contributed by atoms with Gasteiger partial charge in [0.1, 0.15) is 5.82 Å². The number of nitrogens with one attached hydrogen (secondary N) is 1. The number of hydrogen-bond donors (Lipinski definition) is 1. The molecule has 12 heteroatoms. The highest BCUT2D eigenvalue weighted by molar-refractivity contribution is 8.18. The van der Waals surface area contributed by atoms with Crippen LogP contribution >= 0.6 is 23.4 Å². The molecule has 0 bridgehead atoms. The number of piperidine rings is 1. The van der Waals surface area contributed by atoms with Gasteiger partial charge in [0.25, 0.3) is 17.1 Å². The van der Waals surface area contributed by atoms with Crippen LogP contribution in [0.5, 0.6) is 0 Å². The Kier molecular flexibility index (Phi) is 8.13. The Balaban J connectivity index is 1.41. The zero-order chi connectivity index (χ0) is 25.9. The first-order valence-electron chi connectivity index (χ1n) is 11.3. The number of imide groups is 1. The van der Waals surface area contributed by atoms with Gasteiger partial charge in [-0.1, -0.05) is 36.2 Å². The van der Waals surface area contributed by atoms with Crippen LogP contribution in [0.2, 0.25) is 5.02 Å². The number of hydrogen-bond acceptors (Lipinski definition) is 6. The van der Waals surface area contributed by atoms with Crippen molar-refractivity contribution in [1.82, 2.24) is 14.5 Å². The minimum atomic E-state index is -3.76. The first-order chi connectivity index (χ1) is 17.2. The number of benzene rings is 2. The summed E-state index contributed by atoms with van der Waals surface area (Å²) >= 11 is 6.85. The van der Waals surface area contributed by atoms with Gasteiger partial charge in [-0.3, -0.25) is 19.3 Å². The Hall–Kier alpha value is -2.73. The quantitative estimate of drug-likeness (QED) is 0.519. The summed E-state index contributed by atoms with van der Waals surface area (Å²) in [5, 5.41) is 2.11. The Morgan fingerprint density at radius 3 is 2.56 bits per heavy atom. The predicted octanol–water partition coefficient (Wildman–Crippen LogP) is 4.12. The third-order valence-electron chi connectivity index (χ3n) is 5.82. The van der Waals surface area contributed by atoms with Crippen molar-refractivity contribution < 1.29 is 27.2 Å². The van der Waals surface area contributed by atoms with Gasteiger partial charge in [0.05, 0.1) is 20.4 Å². The average Bonchev–Trinajstić information content (AvgIpc) is 3.13. The maximum atomic E-state index is 13.9. The van der Waals surface area contributed by atoms with Crippen molar-refractivity contribution in [2.24, 2.45) is 0 Å². The van der Waals surface area contributed by atoms with Crippen LogP contribution in [0.25, 0.3) is 6.08 Å². The van der Waals surface area contributed by atoms with Crippen molar-refractivity contribution >= 4 is 56.5 Å². The maximum absolute atomic E-state index is 13.9. The van der Waals surface area contributed by atoms with Gasteiger partial charge in [0.2, 0.25) is 10.0 Å². The van der Waals surface area contributed by atoms with E-state index in [9.17, 15) is 27.2 Å². The molecule has 0 unspecified atom stereocenters. The number of halogens is 2. The molecule has 0 radical (unpaired) electrons. The molecule has 8 nitrogen and oxygen atoms in total. The summed E-state index contributed by atoms with van der Waals surface area (Å²) in [6.07, 6.45) is 3.85. The summed E-state index contributed by atoms with van der Waals surface area (Å²) in [5.74, 6) is -1.74. The van der Waals surface area contributed by atoms with E-state index in [1.807, 2.05) is 0 Å². The van der Waals surface area contributed by atoms with Gasteiger partial charge in [-0.2, -0.15) is 4.31 Å². The van der Waals surface area contributed by atoms with Crippen LogP contribution in [0.15, 0.2) is 52.3 Å². The fourth-order valence-corrected chi connectivity index (χ4v) is 6.50. The summed E-state index contributed by atoms with van der Waals surface area (Å²) in [6.45, 7) is 0.656. The Morgan fingerprint density at radius 2 is 1.83 bits per heavy atom. The highest BCUT2D eigenvalue weighted by Crippen LogP contribution is 2.32. The van der Waals surface area contributed by atoms with Crippen molar-refractivity contribution in [3.8, 4) is 0 Å². The molecule has 0 aliphatic carbocycles. The van der Waals surface area contributed by atoms with E-state index in [-0.39, 0.29) is 39.0 Å². The zero-order valence-corrected chi connectivity index (χ0v) is 21.5. The second-order valence-corrected chi connectivity index (χ2v) is 11.6. The van der Waals surface area contributed by atoms with Crippen molar-refractivity contribution in [1.29, 1.82) is 0 Å². The number of sulfonamides is 1. The molecule has 2 saturated heterocycles. The summed E-state index contributed by atoms with van der Waals surface area (Å²) in [5.41, 5.74) is 0.161. The maximum Gasteiger partial charge on any atom is 0.293 e. The molecule has 190 valence electrons. The molecule has 0 aromatic heterocycles. The van der Waals surface area contributed by atoms with Crippen LogP contribution in [0.1, 0.15) is 35.2 Å². The van der Waals surface area contributed by atoms with E-state index in [0.29, 0.717) is 24.9 Å². The van der Waals surface area contributed by atoms with E-state index in [1.165, 1.54) is 46.8 Å². The number of carbonyl (C=O) groups is 3. The number of thioether (sulfide) groups is 1. The fraction of sp³-hybridized carbons (Fsp3) is 0.292. The van der Waals surface area contributed by atoms with Crippen LogP contribution in [0.3, 0.4) is 0 Å². The van der Waals surface area contributed by atoms with Gasteiger partial charge in [-0.25, -0.2) is 12.8 Å². The van der Waals surface area contributed by atoms with Gasteiger partial charge >= 0.3 is 0 Å². The summed E-state index contributed by atoms with van der Waals surface area (Å²) in [7, 11) is -3.76. The number of carbonyl (C=O) groups excluding carboxylic acids is 3. The monoisotopic (exact) mass is 551 g/mol. The van der Waals surface area contributed by atoms with Crippen LogP contribution in [0, 0.1) is 5.82 Å². The van der Waals surface area contributed by atoms with E-state index in [0.717, 1.165) is 24.2 Å². The normalized spacial score (nSPS) is 18.2. The van der Waals surface area contributed by atoms with Crippen molar-refractivity contribution in [3.05, 3.63) is 69.3 Å². The van der Waals surface area contributed by atoms with Gasteiger partial charge in [0, 0.05) is 31.7 Å². The topological polar surface area (TPSA) is 104 Å². The van der Waals surface area contributed by atoms with E-state index < -0.39 is 32.9 Å². The van der Waals surface area contributed by atoms with E-state index in [2.05, 4.69) is 5.32 Å². The van der Waals surface area contributed by atoms with Crippen LogP contribution < -0.4 is 5.32 Å². The minimum absolute atomic E-state index is 0.0247. The van der Waals surface area contributed by atoms with E-state index in [1.54, 1.807) is 6.07 Å². The second kappa shape index (κ2) is 11.1. The summed E-state index contributed by atoms with van der Waals surface area (Å²) < 4.78 is 41.2. The van der Waals surface area contributed by atoms with Gasteiger partial charge < -0.3 is 5.32 Å². The van der Waals surface area contributed by atoms with Crippen molar-refractivity contribution in [3.63, 3.8) is 0 Å². The largest absolute Gasteiger partial charge is 0.350 e. The van der Waals surface area contributed by atoms with E-state index >= 15 is 0 Å². The van der Waals surface area contributed by atoms with Crippen LogP contribution in [-0.4, -0.2) is 60.9 Å². The molecule has 0 saturated carbocycles. The Bertz CT molecular complexity index is 1340. The SMILES string of the molecule is O=C(NCCN1C(=O)S/C(=C/c2ccccc2F)C1=O)c1cc(S(=O)(=O)N2CCCCC2)ccc1Cl. The molecular weight excluding hydrogens is 529 g/mol. The highest BCUT2D eigenvalue weighted by Gasteiger charge is 2.35. The molecule has 36 heavy (non-hydrogen) atoms. The lowest BCUT2D eigenvalue weighted by Gasteiger charge is -2.26. The van der Waals surface area contributed by atoms with Gasteiger partial charge in [-0.05, 0) is 54.9 Å². The minimum Gasteiger partial charge on any atom is -0.350 e. The fourth-order valence-electron chi connectivity index (χ4n) is 3.90. The number of rotatable bonds is 7. The lowest BCUT2D eigenvalue weighted by atomic mass is 10.2. The molecule has 2 aromatic rings. The standard InChI is InChI=1S/C24H23ClFN3O5S2/c25-19-9-8-17(36(33,34)28-11-4-1-5-12-28)15-18(19)22(30)27-10-13-29-23(31)21(35-24(29)32)14-16-6-2-3-7-20(16)26/h2-3,6-9,14-15H,1,4-5,10-13H2,(H,27,30)/b21-14+.